The highest BCUT2D eigenvalue weighted by Crippen LogP contribution is 2.36. The zero-order valence-electron chi connectivity index (χ0n) is 22.5. The second-order valence-corrected chi connectivity index (χ2v) is 11.8. The third-order valence-corrected chi connectivity index (χ3v) is 9.32. The Morgan fingerprint density at radius 2 is 1.21 bits per heavy atom. The molecule has 0 saturated carbocycles. The zero-order chi connectivity index (χ0) is 28.6. The predicted octanol–water partition coefficient (Wildman–Crippen LogP) is 9.22. The van der Waals surface area contributed by atoms with Gasteiger partial charge in [-0.05, 0) is 29.0 Å². The van der Waals surface area contributed by atoms with Gasteiger partial charge in [0.05, 0.1) is 15.6 Å². The number of aromatic nitrogens is 6. The number of thiophene rings is 2. The van der Waals surface area contributed by atoms with Gasteiger partial charge in [-0.15, -0.1) is 22.7 Å². The summed E-state index contributed by atoms with van der Waals surface area (Å²) in [5.74, 6) is 0. The smallest absolute Gasteiger partial charge is 0.230 e. The van der Waals surface area contributed by atoms with Crippen LogP contribution in [0, 0.1) is 0 Å². The first-order valence-electron chi connectivity index (χ1n) is 13.5. The minimum Gasteiger partial charge on any atom is -0.438 e. The number of hydrogen-bond donors (Lipinski definition) is 0. The van der Waals surface area contributed by atoms with E-state index in [2.05, 4.69) is 78.4 Å². The van der Waals surface area contributed by atoms with Crippen LogP contribution in [-0.2, 0) is 0 Å². The maximum Gasteiger partial charge on any atom is 0.230 e. The summed E-state index contributed by atoms with van der Waals surface area (Å²) in [6.07, 6.45) is 10.2. The zero-order valence-corrected chi connectivity index (χ0v) is 24.1. The number of benzene rings is 4. The van der Waals surface area contributed by atoms with Crippen LogP contribution in [0.5, 0.6) is 0 Å². The van der Waals surface area contributed by atoms with Crippen LogP contribution in [0.15, 0.2) is 127 Å². The maximum atomic E-state index is 5.50. The molecule has 7 nitrogen and oxygen atoms in total. The molecule has 0 N–H and O–H groups in total. The summed E-state index contributed by atoms with van der Waals surface area (Å²) >= 11 is 3.46. The van der Waals surface area contributed by atoms with Crippen molar-refractivity contribution in [2.75, 3.05) is 0 Å². The Morgan fingerprint density at radius 3 is 2.14 bits per heavy atom. The molecular weight excluding hydrogens is 573 g/mol. The molecule has 0 spiro atoms. The first-order chi connectivity index (χ1) is 21.3. The number of para-hydroxylation sites is 1. The van der Waals surface area contributed by atoms with Gasteiger partial charge in [0.25, 0.3) is 0 Å². The molecule has 0 aliphatic heterocycles. The summed E-state index contributed by atoms with van der Waals surface area (Å²) in [4.78, 5) is 25.8. The maximum absolute atomic E-state index is 5.50. The molecule has 0 saturated heterocycles. The van der Waals surface area contributed by atoms with E-state index in [1.54, 1.807) is 41.5 Å². The molecule has 6 aromatic heterocycles. The number of fused-ring (bicyclic) bond motifs is 11. The van der Waals surface area contributed by atoms with Gasteiger partial charge in [0.15, 0.2) is 0 Å². The summed E-state index contributed by atoms with van der Waals surface area (Å²) < 4.78 is 9.21. The monoisotopic (exact) mass is 592 g/mol. The normalized spacial score (nSPS) is 11.3. The van der Waals surface area contributed by atoms with Crippen molar-refractivity contribution in [2.24, 2.45) is 0 Å². The highest BCUT2D eigenvalue weighted by Gasteiger charge is 2.09. The molecule has 0 amide bonds. The molecule has 0 fully saturated rings. The minimum atomic E-state index is 0.649. The molecule has 0 atom stereocenters. The molecule has 6 heterocycles. The summed E-state index contributed by atoms with van der Waals surface area (Å²) in [6.45, 7) is 0. The fraction of sp³-hybridized carbons (Fsp3) is 0. The van der Waals surface area contributed by atoms with E-state index >= 15 is 0 Å². The van der Waals surface area contributed by atoms with E-state index < -0.39 is 0 Å². The van der Waals surface area contributed by atoms with Crippen LogP contribution in [0.4, 0.5) is 0 Å². The van der Waals surface area contributed by atoms with Crippen LogP contribution in [0.2, 0.25) is 0 Å². The molecule has 204 valence electrons. The van der Waals surface area contributed by atoms with Crippen molar-refractivity contribution in [2.45, 2.75) is 0 Å². The van der Waals surface area contributed by atoms with E-state index in [0.29, 0.717) is 5.71 Å². The predicted molar refractivity (Wildman–Crippen MR) is 177 cm³/mol. The van der Waals surface area contributed by atoms with Gasteiger partial charge in [-0.25, -0.2) is 29.9 Å². The summed E-state index contributed by atoms with van der Waals surface area (Å²) in [5, 5.41) is 8.24. The van der Waals surface area contributed by atoms with Gasteiger partial charge in [0.1, 0.15) is 29.4 Å². The molecule has 9 heteroatoms. The van der Waals surface area contributed by atoms with E-state index in [0.717, 1.165) is 36.8 Å². The molecule has 43 heavy (non-hydrogen) atoms. The Hall–Kier alpha value is -5.38. The van der Waals surface area contributed by atoms with Gasteiger partial charge in [0, 0.05) is 49.5 Å². The van der Waals surface area contributed by atoms with E-state index in [1.165, 1.54) is 37.3 Å². The molecule has 0 aliphatic rings. The summed E-state index contributed by atoms with van der Waals surface area (Å²) in [6, 6.07) is 28.9. The van der Waals surface area contributed by atoms with Crippen LogP contribution in [0.1, 0.15) is 0 Å². The number of furan rings is 1. The SMILES string of the molecule is c1ccc2c(c1)ccc1sc3cncnc3c12.c1ccc2c(c1)oc1ncncc12.c1ccc2c(c1)sc1ncncc12. The van der Waals surface area contributed by atoms with E-state index in [-0.39, 0.29) is 0 Å². The van der Waals surface area contributed by atoms with Crippen molar-refractivity contribution in [1.29, 1.82) is 0 Å². The van der Waals surface area contributed by atoms with Crippen LogP contribution in [-0.4, -0.2) is 29.9 Å². The third-order valence-electron chi connectivity index (χ3n) is 7.15. The van der Waals surface area contributed by atoms with Crippen molar-refractivity contribution in [1.82, 2.24) is 29.9 Å². The lowest BCUT2D eigenvalue weighted by molar-refractivity contribution is 0.653. The molecule has 0 radical (unpaired) electrons. The van der Waals surface area contributed by atoms with Gasteiger partial charge in [-0.2, -0.15) is 0 Å². The standard InChI is InChI=1S/C14H8N2S.C10H6N2O.C10H6N2S/c1-2-4-10-9(3-1)5-6-11-13(10)14-12(17-11)7-15-8-16-14;2*1-2-4-9-7(3-1)8-5-11-6-12-10(8)13-9/h1-8H;2*1-6H. The largest absolute Gasteiger partial charge is 0.438 e. The second kappa shape index (κ2) is 10.8. The Labute approximate surface area is 252 Å². The average molecular weight is 593 g/mol. The Kier molecular flexibility index (Phi) is 6.36. The van der Waals surface area contributed by atoms with Crippen molar-refractivity contribution in [3.8, 4) is 0 Å². The summed E-state index contributed by atoms with van der Waals surface area (Å²) in [7, 11) is 0. The lowest BCUT2D eigenvalue weighted by Gasteiger charge is -1.98. The lowest BCUT2D eigenvalue weighted by atomic mass is 10.1. The highest BCUT2D eigenvalue weighted by molar-refractivity contribution is 7.26. The molecule has 10 aromatic rings. The van der Waals surface area contributed by atoms with Crippen LogP contribution in [0.3, 0.4) is 0 Å². The van der Waals surface area contributed by atoms with Crippen molar-refractivity contribution < 1.29 is 4.42 Å². The second-order valence-electron chi connectivity index (χ2n) is 9.68. The molecule has 0 aliphatic carbocycles. The van der Waals surface area contributed by atoms with E-state index in [4.69, 9.17) is 4.42 Å². The van der Waals surface area contributed by atoms with Crippen LogP contribution in [0.25, 0.3) is 73.4 Å². The van der Waals surface area contributed by atoms with Gasteiger partial charge < -0.3 is 4.42 Å². The Bertz CT molecular complexity index is 2340. The number of hydrogen-bond acceptors (Lipinski definition) is 9. The fourth-order valence-corrected chi connectivity index (χ4v) is 7.27. The van der Waals surface area contributed by atoms with Crippen molar-refractivity contribution in [3.63, 3.8) is 0 Å². The molecule has 0 bridgehead atoms. The summed E-state index contributed by atoms with van der Waals surface area (Å²) in [5.41, 5.74) is 2.58. The van der Waals surface area contributed by atoms with Gasteiger partial charge >= 0.3 is 0 Å². The third kappa shape index (κ3) is 4.61. The fourth-order valence-electron chi connectivity index (χ4n) is 5.21. The van der Waals surface area contributed by atoms with Crippen molar-refractivity contribution in [3.05, 3.63) is 123 Å². The minimum absolute atomic E-state index is 0.649. The lowest BCUT2D eigenvalue weighted by Crippen LogP contribution is -1.77. The highest BCUT2D eigenvalue weighted by atomic mass is 32.1. The topological polar surface area (TPSA) is 90.5 Å². The molecule has 0 unspecified atom stereocenters. The van der Waals surface area contributed by atoms with Gasteiger partial charge in [-0.3, -0.25) is 0 Å². The Balaban J connectivity index is 0.0000000983. The van der Waals surface area contributed by atoms with Crippen LogP contribution < -0.4 is 0 Å². The first-order valence-corrected chi connectivity index (χ1v) is 15.1. The molecule has 4 aromatic carbocycles. The molecular formula is C34H20N6OS2. The van der Waals surface area contributed by atoms with Gasteiger partial charge in [0.2, 0.25) is 5.71 Å². The van der Waals surface area contributed by atoms with Crippen molar-refractivity contribution >= 4 is 96.1 Å². The number of nitrogens with zero attached hydrogens (tertiary/aromatic N) is 6. The molecule has 10 rings (SSSR count). The average Bonchev–Trinajstić information content (AvgIpc) is 3.77. The van der Waals surface area contributed by atoms with E-state index in [9.17, 15) is 0 Å². The Morgan fingerprint density at radius 1 is 0.488 bits per heavy atom. The van der Waals surface area contributed by atoms with Crippen LogP contribution >= 0.6 is 22.7 Å². The quantitative estimate of drug-likeness (QED) is 0.173. The van der Waals surface area contributed by atoms with E-state index in [1.807, 2.05) is 48.8 Å². The number of rotatable bonds is 0. The first kappa shape index (κ1) is 25.3. The van der Waals surface area contributed by atoms with Gasteiger partial charge in [-0.1, -0.05) is 66.7 Å².